The van der Waals surface area contributed by atoms with E-state index >= 15 is 0 Å². The Bertz CT molecular complexity index is 261. The maximum Gasteiger partial charge on any atom is 0.117 e. The maximum atomic E-state index is 5.29. The van der Waals surface area contributed by atoms with Gasteiger partial charge in [0.25, 0.3) is 0 Å². The van der Waals surface area contributed by atoms with Crippen LogP contribution in [0.2, 0.25) is 0 Å². The molecule has 4 heteroatoms. The van der Waals surface area contributed by atoms with Crippen LogP contribution in [0.25, 0.3) is 0 Å². The van der Waals surface area contributed by atoms with Crippen LogP contribution in [0, 0.1) is 0 Å². The first-order valence-corrected chi connectivity index (χ1v) is 4.99. The van der Waals surface area contributed by atoms with E-state index in [0.29, 0.717) is 0 Å². The van der Waals surface area contributed by atoms with Crippen molar-refractivity contribution < 1.29 is 9.25 Å². The van der Waals surface area contributed by atoms with Crippen LogP contribution in [0.4, 0.5) is 0 Å². The second-order valence-electron chi connectivity index (χ2n) is 3.71. The van der Waals surface area contributed by atoms with Gasteiger partial charge in [0.2, 0.25) is 0 Å². The van der Waals surface area contributed by atoms with Gasteiger partial charge in [-0.25, -0.2) is 5.90 Å². The quantitative estimate of drug-likeness (QED) is 0.736. The third-order valence-corrected chi connectivity index (χ3v) is 2.61. The fourth-order valence-electron chi connectivity index (χ4n) is 1.89. The summed E-state index contributed by atoms with van der Waals surface area (Å²) in [7, 11) is 0. The summed E-state index contributed by atoms with van der Waals surface area (Å²) in [6.07, 6.45) is 4.09. The minimum absolute atomic E-state index is 0.179. The van der Waals surface area contributed by atoms with Crippen LogP contribution in [-0.4, -0.2) is 24.1 Å². The first kappa shape index (κ1) is 9.71. The second kappa shape index (κ2) is 4.59. The zero-order chi connectivity index (χ0) is 9.80. The molecule has 78 valence electrons. The summed E-state index contributed by atoms with van der Waals surface area (Å²) < 4.78 is 5.29. The van der Waals surface area contributed by atoms with Crippen LogP contribution in [0.15, 0.2) is 22.8 Å². The standard InChI is InChI=1S/C10H16N2O2/c11-14-10-3-1-5-12(8-10)7-9-4-2-6-13-9/h2,4,6,10H,1,3,5,7-8,11H2. The Labute approximate surface area is 83.6 Å². The van der Waals surface area contributed by atoms with Crippen LogP contribution < -0.4 is 5.90 Å². The molecule has 0 saturated carbocycles. The van der Waals surface area contributed by atoms with Gasteiger partial charge in [-0.1, -0.05) is 0 Å². The Balaban J connectivity index is 1.86. The molecule has 1 aromatic rings. The molecule has 0 amide bonds. The number of likely N-dealkylation sites (tertiary alicyclic amines) is 1. The van der Waals surface area contributed by atoms with E-state index < -0.39 is 0 Å². The lowest BCUT2D eigenvalue weighted by Crippen LogP contribution is -2.40. The van der Waals surface area contributed by atoms with Crippen LogP contribution >= 0.6 is 0 Å². The lowest BCUT2D eigenvalue weighted by Gasteiger charge is -2.30. The molecule has 0 bridgehead atoms. The highest BCUT2D eigenvalue weighted by Crippen LogP contribution is 2.14. The van der Waals surface area contributed by atoms with Crippen molar-refractivity contribution in [2.45, 2.75) is 25.5 Å². The molecule has 1 saturated heterocycles. The molecule has 0 spiro atoms. The van der Waals surface area contributed by atoms with Crippen molar-refractivity contribution in [3.05, 3.63) is 24.2 Å². The van der Waals surface area contributed by atoms with Gasteiger partial charge in [0.05, 0.1) is 18.9 Å². The van der Waals surface area contributed by atoms with Gasteiger partial charge >= 0.3 is 0 Å². The fourth-order valence-corrected chi connectivity index (χ4v) is 1.89. The lowest BCUT2D eigenvalue weighted by atomic mass is 10.1. The van der Waals surface area contributed by atoms with Gasteiger partial charge in [0.15, 0.2) is 0 Å². The highest BCUT2D eigenvalue weighted by molar-refractivity contribution is 4.98. The number of hydrogen-bond acceptors (Lipinski definition) is 4. The average molecular weight is 196 g/mol. The largest absolute Gasteiger partial charge is 0.468 e. The summed E-state index contributed by atoms with van der Waals surface area (Å²) in [5, 5.41) is 0. The Morgan fingerprint density at radius 3 is 3.29 bits per heavy atom. The lowest BCUT2D eigenvalue weighted by molar-refractivity contribution is -0.00519. The number of rotatable bonds is 3. The van der Waals surface area contributed by atoms with Gasteiger partial charge < -0.3 is 4.42 Å². The molecule has 0 radical (unpaired) electrons. The minimum atomic E-state index is 0.179. The Hall–Kier alpha value is -0.840. The fraction of sp³-hybridized carbons (Fsp3) is 0.600. The molecule has 1 aromatic heterocycles. The van der Waals surface area contributed by atoms with E-state index in [1.165, 1.54) is 0 Å². The van der Waals surface area contributed by atoms with Gasteiger partial charge in [-0.3, -0.25) is 9.74 Å². The summed E-state index contributed by atoms with van der Waals surface area (Å²) in [6, 6.07) is 3.91. The molecule has 4 nitrogen and oxygen atoms in total. The van der Waals surface area contributed by atoms with Crippen LogP contribution in [0.1, 0.15) is 18.6 Å². The molecule has 1 aliphatic heterocycles. The molecule has 1 atom stereocenters. The van der Waals surface area contributed by atoms with Crippen molar-refractivity contribution in [1.29, 1.82) is 0 Å². The van der Waals surface area contributed by atoms with Gasteiger partial charge in [-0.15, -0.1) is 0 Å². The van der Waals surface area contributed by atoms with E-state index in [0.717, 1.165) is 38.2 Å². The number of furan rings is 1. The molecule has 14 heavy (non-hydrogen) atoms. The predicted octanol–water partition coefficient (Wildman–Crippen LogP) is 1.13. The van der Waals surface area contributed by atoms with Crippen LogP contribution in [-0.2, 0) is 11.4 Å². The van der Waals surface area contributed by atoms with Crippen molar-refractivity contribution in [1.82, 2.24) is 4.90 Å². The predicted molar refractivity (Wildman–Crippen MR) is 52.3 cm³/mol. The number of nitrogens with two attached hydrogens (primary N) is 1. The van der Waals surface area contributed by atoms with Crippen molar-refractivity contribution in [3.63, 3.8) is 0 Å². The summed E-state index contributed by atoms with van der Waals surface area (Å²) in [5.74, 6) is 6.19. The topological polar surface area (TPSA) is 51.6 Å². The van der Waals surface area contributed by atoms with E-state index in [4.69, 9.17) is 15.2 Å². The second-order valence-corrected chi connectivity index (χ2v) is 3.71. The van der Waals surface area contributed by atoms with Crippen molar-refractivity contribution in [2.24, 2.45) is 5.90 Å². The highest BCUT2D eigenvalue weighted by Gasteiger charge is 2.20. The molecular weight excluding hydrogens is 180 g/mol. The normalized spacial score (nSPS) is 23.9. The molecule has 1 fully saturated rings. The third kappa shape index (κ3) is 2.35. The highest BCUT2D eigenvalue weighted by atomic mass is 16.6. The van der Waals surface area contributed by atoms with Gasteiger partial charge in [-0.05, 0) is 31.5 Å². The molecule has 2 N–H and O–H groups in total. The first-order valence-electron chi connectivity index (χ1n) is 4.99. The Kier molecular flexibility index (Phi) is 3.18. The third-order valence-electron chi connectivity index (χ3n) is 2.61. The van der Waals surface area contributed by atoms with Crippen molar-refractivity contribution in [3.8, 4) is 0 Å². The molecule has 2 heterocycles. The molecule has 1 unspecified atom stereocenters. The molecule has 0 aromatic carbocycles. The SMILES string of the molecule is NOC1CCCN(Cc2ccco2)C1. The maximum absolute atomic E-state index is 5.29. The summed E-state index contributed by atoms with van der Waals surface area (Å²) in [5.41, 5.74) is 0. The number of hydrogen-bond donors (Lipinski definition) is 1. The molecule has 0 aliphatic carbocycles. The van der Waals surface area contributed by atoms with E-state index in [2.05, 4.69) is 4.90 Å². The summed E-state index contributed by atoms with van der Waals surface area (Å²) in [6.45, 7) is 2.85. The molecule has 2 rings (SSSR count). The Morgan fingerprint density at radius 1 is 1.64 bits per heavy atom. The van der Waals surface area contributed by atoms with Crippen LogP contribution in [0.5, 0.6) is 0 Å². The van der Waals surface area contributed by atoms with Gasteiger partial charge in [0.1, 0.15) is 5.76 Å². The molecule has 1 aliphatic rings. The first-order chi connectivity index (χ1) is 6.88. The minimum Gasteiger partial charge on any atom is -0.468 e. The number of piperidine rings is 1. The van der Waals surface area contributed by atoms with Gasteiger partial charge in [-0.2, -0.15) is 0 Å². The van der Waals surface area contributed by atoms with Crippen molar-refractivity contribution in [2.75, 3.05) is 13.1 Å². The number of nitrogens with zero attached hydrogens (tertiary/aromatic N) is 1. The average Bonchev–Trinajstić information content (AvgIpc) is 2.71. The summed E-state index contributed by atoms with van der Waals surface area (Å²) >= 11 is 0. The van der Waals surface area contributed by atoms with E-state index in [9.17, 15) is 0 Å². The van der Waals surface area contributed by atoms with E-state index in [1.54, 1.807) is 6.26 Å². The zero-order valence-corrected chi connectivity index (χ0v) is 8.19. The molecular formula is C10H16N2O2. The summed E-state index contributed by atoms with van der Waals surface area (Å²) in [4.78, 5) is 7.17. The van der Waals surface area contributed by atoms with Crippen molar-refractivity contribution >= 4 is 0 Å². The Morgan fingerprint density at radius 2 is 2.57 bits per heavy atom. The van der Waals surface area contributed by atoms with Crippen LogP contribution in [0.3, 0.4) is 0 Å². The van der Waals surface area contributed by atoms with E-state index in [-0.39, 0.29) is 6.10 Å². The van der Waals surface area contributed by atoms with E-state index in [1.807, 2.05) is 12.1 Å². The smallest absolute Gasteiger partial charge is 0.117 e. The monoisotopic (exact) mass is 196 g/mol. The van der Waals surface area contributed by atoms with Gasteiger partial charge in [0, 0.05) is 6.54 Å². The zero-order valence-electron chi connectivity index (χ0n) is 8.19.